The molecule has 0 heterocycles. The Kier molecular flexibility index (Phi) is 3.75. The van der Waals surface area contributed by atoms with E-state index >= 15 is 0 Å². The Balaban J connectivity index is 3.10. The summed E-state index contributed by atoms with van der Waals surface area (Å²) in [7, 11) is 0. The predicted molar refractivity (Wildman–Crippen MR) is 52.1 cm³/mol. The van der Waals surface area contributed by atoms with E-state index in [1.165, 1.54) is 6.92 Å². The number of carboxylic acid groups (broad SMARTS) is 1. The van der Waals surface area contributed by atoms with Crippen LogP contribution in [0.15, 0.2) is 18.2 Å². The van der Waals surface area contributed by atoms with E-state index in [0.717, 1.165) is 0 Å². The van der Waals surface area contributed by atoms with E-state index < -0.39 is 35.9 Å². The largest absolute Gasteiger partial charge is 0.481 e. The molecule has 0 saturated heterocycles. The zero-order valence-electron chi connectivity index (χ0n) is 8.88. The molecule has 0 aromatic heterocycles. The van der Waals surface area contributed by atoms with Crippen LogP contribution in [-0.4, -0.2) is 11.1 Å². The molecular weight excluding hydrogens is 240 g/mol. The molecular formula is C11H10F4O2. The third kappa shape index (κ3) is 3.44. The molecule has 1 aromatic rings. The van der Waals surface area contributed by atoms with Gasteiger partial charge in [0.2, 0.25) is 0 Å². The number of alkyl halides is 3. The van der Waals surface area contributed by atoms with Crippen LogP contribution in [0.3, 0.4) is 0 Å². The van der Waals surface area contributed by atoms with E-state index in [-0.39, 0.29) is 5.56 Å². The van der Waals surface area contributed by atoms with Gasteiger partial charge in [0.25, 0.3) is 0 Å². The first-order chi connectivity index (χ1) is 7.71. The molecule has 0 saturated carbocycles. The minimum absolute atomic E-state index is 0.234. The third-order valence-corrected chi connectivity index (χ3v) is 2.34. The van der Waals surface area contributed by atoms with Crippen molar-refractivity contribution in [3.63, 3.8) is 0 Å². The summed E-state index contributed by atoms with van der Waals surface area (Å²) >= 11 is 0. The minimum Gasteiger partial charge on any atom is -0.481 e. The van der Waals surface area contributed by atoms with Gasteiger partial charge in [-0.3, -0.25) is 4.79 Å². The Morgan fingerprint density at radius 3 is 2.47 bits per heavy atom. The summed E-state index contributed by atoms with van der Waals surface area (Å²) in [6.45, 7) is 1.37. The lowest BCUT2D eigenvalue weighted by atomic mass is 9.95. The van der Waals surface area contributed by atoms with E-state index in [9.17, 15) is 22.4 Å². The zero-order valence-corrected chi connectivity index (χ0v) is 8.88. The van der Waals surface area contributed by atoms with Gasteiger partial charge in [-0.15, -0.1) is 0 Å². The lowest BCUT2D eigenvalue weighted by Crippen LogP contribution is -2.09. The molecule has 1 aromatic carbocycles. The molecule has 0 spiro atoms. The van der Waals surface area contributed by atoms with Crippen molar-refractivity contribution in [2.24, 2.45) is 0 Å². The maximum atomic E-state index is 13.3. The predicted octanol–water partition coefficient (Wildman–Crippen LogP) is 3.42. The summed E-state index contributed by atoms with van der Waals surface area (Å²) < 4.78 is 50.5. The van der Waals surface area contributed by atoms with Gasteiger partial charge in [-0.1, -0.05) is 6.92 Å². The highest BCUT2D eigenvalue weighted by atomic mass is 19.4. The molecule has 2 nitrogen and oxygen atoms in total. The summed E-state index contributed by atoms with van der Waals surface area (Å²) in [5, 5.41) is 8.52. The van der Waals surface area contributed by atoms with Crippen LogP contribution in [0.25, 0.3) is 0 Å². The molecule has 94 valence electrons. The molecule has 0 amide bonds. The van der Waals surface area contributed by atoms with Crippen LogP contribution < -0.4 is 0 Å². The smallest absolute Gasteiger partial charge is 0.416 e. The Bertz CT molecular complexity index is 426. The Hall–Kier alpha value is -1.59. The maximum absolute atomic E-state index is 13.3. The molecule has 0 aliphatic rings. The maximum Gasteiger partial charge on any atom is 0.416 e. The highest BCUT2D eigenvalue weighted by Crippen LogP contribution is 2.32. The highest BCUT2D eigenvalue weighted by molar-refractivity contribution is 5.68. The van der Waals surface area contributed by atoms with Crippen LogP contribution in [0.4, 0.5) is 17.6 Å². The van der Waals surface area contributed by atoms with Gasteiger partial charge in [0.15, 0.2) is 0 Å². The van der Waals surface area contributed by atoms with Gasteiger partial charge in [0.05, 0.1) is 12.0 Å². The molecule has 0 fully saturated rings. The molecule has 17 heavy (non-hydrogen) atoms. The Morgan fingerprint density at radius 2 is 2.00 bits per heavy atom. The van der Waals surface area contributed by atoms with E-state index in [1.54, 1.807) is 0 Å². The summed E-state index contributed by atoms with van der Waals surface area (Å²) in [4.78, 5) is 10.4. The van der Waals surface area contributed by atoms with Crippen molar-refractivity contribution >= 4 is 5.97 Å². The van der Waals surface area contributed by atoms with Crippen molar-refractivity contribution in [2.45, 2.75) is 25.4 Å². The molecule has 1 rings (SSSR count). The number of halogens is 4. The van der Waals surface area contributed by atoms with Crippen molar-refractivity contribution in [3.8, 4) is 0 Å². The van der Waals surface area contributed by atoms with Crippen molar-refractivity contribution in [1.29, 1.82) is 0 Å². The normalized spacial score (nSPS) is 13.5. The van der Waals surface area contributed by atoms with E-state index in [4.69, 9.17) is 5.11 Å². The second kappa shape index (κ2) is 4.73. The molecule has 0 aliphatic carbocycles. The number of hydrogen-bond acceptors (Lipinski definition) is 1. The van der Waals surface area contributed by atoms with E-state index in [0.29, 0.717) is 18.2 Å². The topological polar surface area (TPSA) is 37.3 Å². The van der Waals surface area contributed by atoms with Gasteiger partial charge >= 0.3 is 12.1 Å². The quantitative estimate of drug-likeness (QED) is 0.834. The number of carbonyl (C=O) groups is 1. The van der Waals surface area contributed by atoms with Crippen LogP contribution in [0.5, 0.6) is 0 Å². The number of carboxylic acids is 1. The molecule has 0 aliphatic heterocycles. The Labute approximate surface area is 94.9 Å². The van der Waals surface area contributed by atoms with Gasteiger partial charge in [-0.2, -0.15) is 13.2 Å². The summed E-state index contributed by atoms with van der Waals surface area (Å²) in [5.41, 5.74) is -1.21. The Morgan fingerprint density at radius 1 is 1.41 bits per heavy atom. The van der Waals surface area contributed by atoms with Crippen molar-refractivity contribution in [2.75, 3.05) is 0 Å². The molecule has 0 bridgehead atoms. The first-order valence-corrected chi connectivity index (χ1v) is 4.80. The number of hydrogen-bond donors (Lipinski definition) is 1. The van der Waals surface area contributed by atoms with Crippen LogP contribution in [0, 0.1) is 5.82 Å². The van der Waals surface area contributed by atoms with Gasteiger partial charge in [0.1, 0.15) is 5.82 Å². The highest BCUT2D eigenvalue weighted by Gasteiger charge is 2.31. The van der Waals surface area contributed by atoms with Crippen LogP contribution >= 0.6 is 0 Å². The minimum atomic E-state index is -4.56. The van der Waals surface area contributed by atoms with Gasteiger partial charge in [0, 0.05) is 0 Å². The zero-order chi connectivity index (χ0) is 13.2. The average Bonchev–Trinajstić information content (AvgIpc) is 2.15. The summed E-state index contributed by atoms with van der Waals surface area (Å²) in [6, 6.07) is 1.99. The molecule has 6 heteroatoms. The van der Waals surface area contributed by atoms with E-state index in [2.05, 4.69) is 0 Å². The number of benzene rings is 1. The molecule has 1 unspecified atom stereocenters. The summed E-state index contributed by atoms with van der Waals surface area (Å²) in [5.74, 6) is -2.82. The average molecular weight is 250 g/mol. The standard InChI is InChI=1S/C11H10F4O2/c1-6(4-10(16)17)8-5-7(11(13,14)15)2-3-9(8)12/h2-3,5-6H,4H2,1H3,(H,16,17). The molecule has 1 atom stereocenters. The second-order valence-electron chi connectivity index (χ2n) is 3.73. The van der Waals surface area contributed by atoms with Crippen LogP contribution in [0.1, 0.15) is 30.4 Å². The fraction of sp³-hybridized carbons (Fsp3) is 0.364. The van der Waals surface area contributed by atoms with Crippen molar-refractivity contribution < 1.29 is 27.5 Å². The lowest BCUT2D eigenvalue weighted by Gasteiger charge is -2.13. The first kappa shape index (κ1) is 13.5. The monoisotopic (exact) mass is 250 g/mol. The van der Waals surface area contributed by atoms with Crippen LogP contribution in [0.2, 0.25) is 0 Å². The van der Waals surface area contributed by atoms with Crippen molar-refractivity contribution in [3.05, 3.63) is 35.1 Å². The second-order valence-corrected chi connectivity index (χ2v) is 3.73. The SMILES string of the molecule is CC(CC(=O)O)c1cc(C(F)(F)F)ccc1F. The molecule has 0 radical (unpaired) electrons. The first-order valence-electron chi connectivity index (χ1n) is 4.80. The summed E-state index contributed by atoms with van der Waals surface area (Å²) in [6.07, 6.45) is -4.98. The number of rotatable bonds is 3. The fourth-order valence-electron chi connectivity index (χ4n) is 1.47. The fourth-order valence-corrected chi connectivity index (χ4v) is 1.47. The van der Waals surface area contributed by atoms with Gasteiger partial charge in [-0.25, -0.2) is 4.39 Å². The van der Waals surface area contributed by atoms with E-state index in [1.807, 2.05) is 0 Å². The lowest BCUT2D eigenvalue weighted by molar-refractivity contribution is -0.138. The van der Waals surface area contributed by atoms with Crippen LogP contribution in [-0.2, 0) is 11.0 Å². The van der Waals surface area contributed by atoms with Gasteiger partial charge < -0.3 is 5.11 Å². The number of aliphatic carboxylic acids is 1. The van der Waals surface area contributed by atoms with Crippen molar-refractivity contribution in [1.82, 2.24) is 0 Å². The van der Waals surface area contributed by atoms with Gasteiger partial charge in [-0.05, 0) is 29.7 Å². The molecule has 1 N–H and O–H groups in total. The third-order valence-electron chi connectivity index (χ3n) is 2.34.